The highest BCUT2D eigenvalue weighted by Gasteiger charge is 2.26. The minimum atomic E-state index is -0.0316. The van der Waals surface area contributed by atoms with Crippen LogP contribution in [0.5, 0.6) is 5.88 Å². The fourth-order valence-electron chi connectivity index (χ4n) is 5.05. The third-order valence-electron chi connectivity index (χ3n) is 7.35. The summed E-state index contributed by atoms with van der Waals surface area (Å²) < 4.78 is 13.7. The van der Waals surface area contributed by atoms with Gasteiger partial charge >= 0.3 is 0 Å². The standard InChI is InChI=1S/C26H32N6O3/c1-31(20-12-14-34-15-13-20)22-16-23(35-21-4-2-3-5-21)30-32-24(28-29-25(22)32)17-6-8-18(9-7-17)26(33)27-19-10-11-19/h6-9,16,19-21H,2-5,10-15H2,1H3,(H,27,33). The third-order valence-corrected chi connectivity index (χ3v) is 7.35. The van der Waals surface area contributed by atoms with Crippen LogP contribution in [0, 0.1) is 0 Å². The second kappa shape index (κ2) is 9.45. The minimum absolute atomic E-state index is 0.0316. The van der Waals surface area contributed by atoms with E-state index < -0.39 is 0 Å². The fourth-order valence-corrected chi connectivity index (χ4v) is 5.05. The number of benzene rings is 1. The summed E-state index contributed by atoms with van der Waals surface area (Å²) in [4.78, 5) is 14.7. The summed E-state index contributed by atoms with van der Waals surface area (Å²) in [6.45, 7) is 1.53. The van der Waals surface area contributed by atoms with Crippen molar-refractivity contribution in [1.29, 1.82) is 0 Å². The van der Waals surface area contributed by atoms with Gasteiger partial charge in [-0.3, -0.25) is 4.79 Å². The van der Waals surface area contributed by atoms with Crippen LogP contribution >= 0.6 is 0 Å². The zero-order valence-electron chi connectivity index (χ0n) is 20.2. The maximum absolute atomic E-state index is 12.4. The van der Waals surface area contributed by atoms with Crippen LogP contribution in [-0.4, -0.2) is 64.2 Å². The van der Waals surface area contributed by atoms with Crippen molar-refractivity contribution in [3.05, 3.63) is 35.9 Å². The Morgan fingerprint density at radius 3 is 2.51 bits per heavy atom. The van der Waals surface area contributed by atoms with Gasteiger partial charge in [-0.25, -0.2) is 0 Å². The number of fused-ring (bicyclic) bond motifs is 1. The number of aromatic nitrogens is 4. The molecule has 0 atom stereocenters. The topological polar surface area (TPSA) is 93.9 Å². The van der Waals surface area contributed by atoms with Gasteiger partial charge in [0, 0.05) is 49.5 Å². The van der Waals surface area contributed by atoms with Gasteiger partial charge in [-0.1, -0.05) is 12.1 Å². The number of rotatable bonds is 7. The molecular formula is C26H32N6O3. The second-order valence-electron chi connectivity index (χ2n) is 9.93. The lowest BCUT2D eigenvalue weighted by Gasteiger charge is -2.33. The Bertz CT molecular complexity index is 1190. The Balaban J connectivity index is 1.35. The van der Waals surface area contributed by atoms with Gasteiger partial charge in [0.1, 0.15) is 6.10 Å². The summed E-state index contributed by atoms with van der Waals surface area (Å²) in [5.41, 5.74) is 3.15. The van der Waals surface area contributed by atoms with Crippen LogP contribution in [0.2, 0.25) is 0 Å². The van der Waals surface area contributed by atoms with Crippen LogP contribution in [0.1, 0.15) is 61.7 Å². The summed E-state index contributed by atoms with van der Waals surface area (Å²) in [5.74, 6) is 1.20. The number of amides is 1. The van der Waals surface area contributed by atoms with Gasteiger partial charge in [0.05, 0.1) is 5.69 Å². The van der Waals surface area contributed by atoms with Crippen molar-refractivity contribution >= 4 is 17.2 Å². The molecule has 1 aromatic carbocycles. The first-order chi connectivity index (χ1) is 17.2. The molecule has 3 fully saturated rings. The Hall–Kier alpha value is -3.20. The van der Waals surface area contributed by atoms with Crippen molar-refractivity contribution in [2.45, 2.75) is 69.6 Å². The van der Waals surface area contributed by atoms with E-state index in [1.54, 1.807) is 4.52 Å². The first-order valence-electron chi connectivity index (χ1n) is 12.8. The van der Waals surface area contributed by atoms with E-state index in [9.17, 15) is 4.79 Å². The number of nitrogens with zero attached hydrogens (tertiary/aromatic N) is 5. The number of carbonyl (C=O) groups excluding carboxylic acids is 1. The van der Waals surface area contributed by atoms with Crippen LogP contribution in [-0.2, 0) is 4.74 Å². The molecule has 1 aliphatic heterocycles. The number of carbonyl (C=O) groups is 1. The summed E-state index contributed by atoms with van der Waals surface area (Å²) in [7, 11) is 2.10. The molecule has 3 heterocycles. The highest BCUT2D eigenvalue weighted by molar-refractivity contribution is 5.95. The average Bonchev–Trinajstić information content (AvgIpc) is 3.37. The average molecular weight is 477 g/mol. The predicted octanol–water partition coefficient (Wildman–Crippen LogP) is 3.62. The number of hydrogen-bond acceptors (Lipinski definition) is 7. The molecule has 0 spiro atoms. The molecule has 1 N–H and O–H groups in total. The normalized spacial score (nSPS) is 19.2. The van der Waals surface area contributed by atoms with Crippen molar-refractivity contribution in [3.8, 4) is 17.3 Å². The van der Waals surface area contributed by atoms with E-state index in [-0.39, 0.29) is 12.0 Å². The lowest BCUT2D eigenvalue weighted by atomic mass is 10.1. The lowest BCUT2D eigenvalue weighted by Crippen LogP contribution is -2.37. The van der Waals surface area contributed by atoms with Crippen molar-refractivity contribution < 1.29 is 14.3 Å². The summed E-state index contributed by atoms with van der Waals surface area (Å²) in [6.07, 6.45) is 8.78. The zero-order chi connectivity index (χ0) is 23.8. The summed E-state index contributed by atoms with van der Waals surface area (Å²) in [5, 5.41) is 16.9. The Morgan fingerprint density at radius 2 is 1.80 bits per heavy atom. The van der Waals surface area contributed by atoms with Gasteiger partial charge in [-0.05, 0) is 63.5 Å². The second-order valence-corrected chi connectivity index (χ2v) is 9.93. The molecule has 3 aliphatic rings. The summed E-state index contributed by atoms with van der Waals surface area (Å²) >= 11 is 0. The minimum Gasteiger partial charge on any atom is -0.473 e. The van der Waals surface area contributed by atoms with Crippen molar-refractivity contribution in [3.63, 3.8) is 0 Å². The smallest absolute Gasteiger partial charge is 0.251 e. The molecule has 2 aliphatic carbocycles. The predicted molar refractivity (Wildman–Crippen MR) is 132 cm³/mol. The number of ether oxygens (including phenoxy) is 2. The van der Waals surface area contributed by atoms with Crippen molar-refractivity contribution in [1.82, 2.24) is 25.1 Å². The monoisotopic (exact) mass is 476 g/mol. The fraction of sp³-hybridized carbons (Fsp3) is 0.538. The Morgan fingerprint density at radius 1 is 1.06 bits per heavy atom. The molecule has 9 heteroatoms. The molecule has 1 amide bonds. The molecule has 0 radical (unpaired) electrons. The van der Waals surface area contributed by atoms with Crippen LogP contribution in [0.25, 0.3) is 17.0 Å². The van der Waals surface area contributed by atoms with Crippen LogP contribution in [0.3, 0.4) is 0 Å². The molecule has 0 unspecified atom stereocenters. The maximum Gasteiger partial charge on any atom is 0.251 e. The van der Waals surface area contributed by atoms with Crippen LogP contribution in [0.4, 0.5) is 5.69 Å². The first kappa shape index (κ1) is 22.3. The highest BCUT2D eigenvalue weighted by atomic mass is 16.5. The first-order valence-corrected chi connectivity index (χ1v) is 12.8. The van der Waals surface area contributed by atoms with E-state index in [2.05, 4.69) is 27.5 Å². The van der Waals surface area contributed by atoms with Gasteiger partial charge < -0.3 is 19.7 Å². The van der Waals surface area contributed by atoms with Gasteiger partial charge in [0.2, 0.25) is 11.5 Å². The molecule has 9 nitrogen and oxygen atoms in total. The maximum atomic E-state index is 12.4. The molecule has 184 valence electrons. The van der Waals surface area contributed by atoms with Gasteiger partial charge in [0.15, 0.2) is 5.82 Å². The molecule has 6 rings (SSSR count). The van der Waals surface area contributed by atoms with Gasteiger partial charge in [0.25, 0.3) is 5.91 Å². The number of hydrogen-bond donors (Lipinski definition) is 1. The number of nitrogens with one attached hydrogen (secondary N) is 1. The van der Waals surface area contributed by atoms with E-state index in [1.165, 1.54) is 12.8 Å². The van der Waals surface area contributed by atoms with E-state index in [0.29, 0.717) is 35.0 Å². The lowest BCUT2D eigenvalue weighted by molar-refractivity contribution is 0.0855. The van der Waals surface area contributed by atoms with Crippen LogP contribution in [0.15, 0.2) is 30.3 Å². The zero-order valence-corrected chi connectivity index (χ0v) is 20.2. The van der Waals surface area contributed by atoms with Gasteiger partial charge in [-0.15, -0.1) is 15.3 Å². The Kier molecular flexibility index (Phi) is 6.01. The number of anilines is 1. The Labute approximate surface area is 204 Å². The molecular weight excluding hydrogens is 444 g/mol. The third kappa shape index (κ3) is 4.69. The molecule has 2 saturated carbocycles. The largest absolute Gasteiger partial charge is 0.473 e. The van der Waals surface area contributed by atoms with Gasteiger partial charge in [-0.2, -0.15) is 4.52 Å². The summed E-state index contributed by atoms with van der Waals surface area (Å²) in [6, 6.07) is 10.2. The highest BCUT2D eigenvalue weighted by Crippen LogP contribution is 2.32. The SMILES string of the molecule is CN(c1cc(OC2CCCC2)nn2c(-c3ccc(C(=O)NC4CC4)cc3)nnc12)C1CCOCC1. The van der Waals surface area contributed by atoms with E-state index in [4.69, 9.17) is 14.6 Å². The van der Waals surface area contributed by atoms with Crippen LogP contribution < -0.4 is 15.0 Å². The van der Waals surface area contributed by atoms with Crippen molar-refractivity contribution in [2.24, 2.45) is 0 Å². The van der Waals surface area contributed by atoms with E-state index in [1.807, 2.05) is 30.3 Å². The molecule has 35 heavy (non-hydrogen) atoms. The molecule has 2 aromatic heterocycles. The molecule has 3 aromatic rings. The van der Waals surface area contributed by atoms with Crippen molar-refractivity contribution in [2.75, 3.05) is 25.2 Å². The molecule has 0 bridgehead atoms. The quantitative estimate of drug-likeness (QED) is 0.557. The van der Waals surface area contributed by atoms with E-state index >= 15 is 0 Å². The molecule has 1 saturated heterocycles. The van der Waals surface area contributed by atoms with E-state index in [0.717, 1.165) is 63.0 Å².